The molecule has 0 saturated carbocycles. The van der Waals surface area contributed by atoms with Crippen molar-refractivity contribution in [2.24, 2.45) is 0 Å². The lowest BCUT2D eigenvalue weighted by Crippen LogP contribution is -2.25. The molecule has 0 aliphatic heterocycles. The van der Waals surface area contributed by atoms with Gasteiger partial charge in [-0.15, -0.1) is 0 Å². The highest BCUT2D eigenvalue weighted by Crippen LogP contribution is 2.24. The van der Waals surface area contributed by atoms with Crippen LogP contribution in [0.3, 0.4) is 0 Å². The van der Waals surface area contributed by atoms with Crippen LogP contribution in [0.25, 0.3) is 0 Å². The second kappa shape index (κ2) is 8.35. The maximum atomic E-state index is 6.08. The second-order valence-electron chi connectivity index (χ2n) is 4.69. The third-order valence-corrected chi connectivity index (χ3v) is 2.88. The van der Waals surface area contributed by atoms with Crippen LogP contribution < -0.4 is 10.1 Å². The van der Waals surface area contributed by atoms with E-state index in [1.807, 2.05) is 25.1 Å². The summed E-state index contributed by atoms with van der Waals surface area (Å²) in [6, 6.07) is 5.84. The van der Waals surface area contributed by atoms with Gasteiger partial charge >= 0.3 is 0 Å². The molecule has 0 aromatic heterocycles. The van der Waals surface area contributed by atoms with Crippen molar-refractivity contribution in [3.63, 3.8) is 0 Å². The lowest BCUT2D eigenvalue weighted by Gasteiger charge is -2.11. The molecule has 0 unspecified atom stereocenters. The molecular weight excluding hydrogens is 248 g/mol. The standard InChI is InChI=1S/C14H23ClN2O/c1-12-5-6-14(13(15)11-12)18-10-8-16-7-4-9-17(2)3/h5-6,11,16H,4,7-10H2,1-3H3. The Kier molecular flexibility index (Phi) is 7.09. The van der Waals surface area contributed by atoms with Gasteiger partial charge in [0.15, 0.2) is 0 Å². The summed E-state index contributed by atoms with van der Waals surface area (Å²) < 4.78 is 5.61. The maximum Gasteiger partial charge on any atom is 0.137 e. The minimum Gasteiger partial charge on any atom is -0.491 e. The van der Waals surface area contributed by atoms with Gasteiger partial charge in [-0.25, -0.2) is 0 Å². The molecule has 0 bridgehead atoms. The van der Waals surface area contributed by atoms with Crippen LogP contribution in [0.2, 0.25) is 5.02 Å². The van der Waals surface area contributed by atoms with E-state index in [0.717, 1.165) is 37.4 Å². The first-order chi connectivity index (χ1) is 8.59. The quantitative estimate of drug-likeness (QED) is 0.735. The van der Waals surface area contributed by atoms with Crippen LogP contribution in [-0.4, -0.2) is 45.2 Å². The molecule has 0 radical (unpaired) electrons. The fourth-order valence-electron chi connectivity index (χ4n) is 1.60. The van der Waals surface area contributed by atoms with E-state index >= 15 is 0 Å². The summed E-state index contributed by atoms with van der Waals surface area (Å²) >= 11 is 6.08. The third-order valence-electron chi connectivity index (χ3n) is 2.58. The Morgan fingerprint density at radius 2 is 2.06 bits per heavy atom. The highest BCUT2D eigenvalue weighted by atomic mass is 35.5. The van der Waals surface area contributed by atoms with Gasteiger partial charge in [0, 0.05) is 6.54 Å². The zero-order valence-electron chi connectivity index (χ0n) is 11.5. The minimum atomic E-state index is 0.644. The van der Waals surface area contributed by atoms with E-state index < -0.39 is 0 Å². The Morgan fingerprint density at radius 1 is 1.28 bits per heavy atom. The molecule has 3 nitrogen and oxygen atoms in total. The molecule has 1 rings (SSSR count). The first-order valence-corrected chi connectivity index (χ1v) is 6.72. The highest BCUT2D eigenvalue weighted by Gasteiger charge is 2.00. The smallest absolute Gasteiger partial charge is 0.137 e. The predicted octanol–water partition coefficient (Wildman–Crippen LogP) is 2.57. The molecule has 1 aromatic rings. The number of hydrogen-bond donors (Lipinski definition) is 1. The van der Waals surface area contributed by atoms with Crippen molar-refractivity contribution >= 4 is 11.6 Å². The van der Waals surface area contributed by atoms with E-state index in [-0.39, 0.29) is 0 Å². The molecule has 102 valence electrons. The van der Waals surface area contributed by atoms with Crippen molar-refractivity contribution < 1.29 is 4.74 Å². The van der Waals surface area contributed by atoms with E-state index in [2.05, 4.69) is 24.3 Å². The highest BCUT2D eigenvalue weighted by molar-refractivity contribution is 6.32. The summed E-state index contributed by atoms with van der Waals surface area (Å²) in [5.41, 5.74) is 1.15. The van der Waals surface area contributed by atoms with E-state index in [0.29, 0.717) is 11.6 Å². The predicted molar refractivity (Wildman–Crippen MR) is 77.7 cm³/mol. The van der Waals surface area contributed by atoms with Gasteiger partial charge in [-0.05, 0) is 58.2 Å². The first-order valence-electron chi connectivity index (χ1n) is 6.34. The average molecular weight is 271 g/mol. The number of benzene rings is 1. The lowest BCUT2D eigenvalue weighted by molar-refractivity contribution is 0.311. The Balaban J connectivity index is 2.11. The van der Waals surface area contributed by atoms with Crippen molar-refractivity contribution in [1.82, 2.24) is 10.2 Å². The van der Waals surface area contributed by atoms with Gasteiger partial charge < -0.3 is 15.0 Å². The monoisotopic (exact) mass is 270 g/mol. The molecule has 1 aromatic carbocycles. The Bertz CT molecular complexity index is 356. The number of aryl methyl sites for hydroxylation is 1. The molecule has 0 heterocycles. The van der Waals surface area contributed by atoms with Gasteiger partial charge in [0.05, 0.1) is 5.02 Å². The average Bonchev–Trinajstić information content (AvgIpc) is 2.30. The number of rotatable bonds is 8. The number of halogens is 1. The van der Waals surface area contributed by atoms with E-state index in [4.69, 9.17) is 16.3 Å². The summed E-state index contributed by atoms with van der Waals surface area (Å²) in [5.74, 6) is 0.761. The SMILES string of the molecule is Cc1ccc(OCCNCCCN(C)C)c(Cl)c1. The normalized spacial score (nSPS) is 10.9. The Labute approximate surface area is 115 Å². The van der Waals surface area contributed by atoms with Crippen LogP contribution in [0.5, 0.6) is 5.75 Å². The number of nitrogens with zero attached hydrogens (tertiary/aromatic N) is 1. The van der Waals surface area contributed by atoms with Gasteiger partial charge in [0.1, 0.15) is 12.4 Å². The summed E-state index contributed by atoms with van der Waals surface area (Å²) in [6.07, 6.45) is 1.15. The molecular formula is C14H23ClN2O. The molecule has 18 heavy (non-hydrogen) atoms. The maximum absolute atomic E-state index is 6.08. The number of nitrogens with one attached hydrogen (secondary N) is 1. The van der Waals surface area contributed by atoms with Crippen LogP contribution in [-0.2, 0) is 0 Å². The van der Waals surface area contributed by atoms with Crippen molar-refractivity contribution in [2.45, 2.75) is 13.3 Å². The Hall–Kier alpha value is -0.770. The van der Waals surface area contributed by atoms with Crippen LogP contribution in [0, 0.1) is 6.92 Å². The molecule has 1 N–H and O–H groups in total. The molecule has 0 aliphatic carbocycles. The van der Waals surface area contributed by atoms with Gasteiger partial charge in [-0.3, -0.25) is 0 Å². The first kappa shape index (κ1) is 15.3. The molecule has 0 aliphatic rings. The van der Waals surface area contributed by atoms with Gasteiger partial charge in [0.25, 0.3) is 0 Å². The van der Waals surface area contributed by atoms with Crippen molar-refractivity contribution in [1.29, 1.82) is 0 Å². The van der Waals surface area contributed by atoms with Gasteiger partial charge in [-0.2, -0.15) is 0 Å². The van der Waals surface area contributed by atoms with Crippen LogP contribution in [0.15, 0.2) is 18.2 Å². The zero-order chi connectivity index (χ0) is 13.4. The third kappa shape index (κ3) is 6.24. The largest absolute Gasteiger partial charge is 0.491 e. The summed E-state index contributed by atoms with van der Waals surface area (Å²) in [5, 5.41) is 4.03. The van der Waals surface area contributed by atoms with Gasteiger partial charge in [-0.1, -0.05) is 17.7 Å². The van der Waals surface area contributed by atoms with Crippen LogP contribution in [0.4, 0.5) is 0 Å². The second-order valence-corrected chi connectivity index (χ2v) is 5.10. The fraction of sp³-hybridized carbons (Fsp3) is 0.571. The van der Waals surface area contributed by atoms with Crippen LogP contribution in [0.1, 0.15) is 12.0 Å². The number of hydrogen-bond acceptors (Lipinski definition) is 3. The molecule has 0 amide bonds. The van der Waals surface area contributed by atoms with E-state index in [9.17, 15) is 0 Å². The topological polar surface area (TPSA) is 24.5 Å². The lowest BCUT2D eigenvalue weighted by atomic mass is 10.2. The van der Waals surface area contributed by atoms with Crippen LogP contribution >= 0.6 is 11.6 Å². The summed E-state index contributed by atoms with van der Waals surface area (Å²) in [6.45, 7) is 5.63. The van der Waals surface area contributed by atoms with Crippen molar-refractivity contribution in [3.8, 4) is 5.75 Å². The van der Waals surface area contributed by atoms with Crippen molar-refractivity contribution in [2.75, 3.05) is 40.3 Å². The summed E-state index contributed by atoms with van der Waals surface area (Å²) in [4.78, 5) is 2.18. The molecule has 0 atom stereocenters. The molecule has 0 fully saturated rings. The number of ether oxygens (including phenoxy) is 1. The van der Waals surface area contributed by atoms with E-state index in [1.165, 1.54) is 0 Å². The minimum absolute atomic E-state index is 0.644. The zero-order valence-corrected chi connectivity index (χ0v) is 12.3. The van der Waals surface area contributed by atoms with E-state index in [1.54, 1.807) is 0 Å². The van der Waals surface area contributed by atoms with Crippen molar-refractivity contribution in [3.05, 3.63) is 28.8 Å². The molecule has 4 heteroatoms. The fourth-order valence-corrected chi connectivity index (χ4v) is 1.89. The Morgan fingerprint density at radius 3 is 2.72 bits per heavy atom. The van der Waals surface area contributed by atoms with Gasteiger partial charge in [0.2, 0.25) is 0 Å². The summed E-state index contributed by atoms with van der Waals surface area (Å²) in [7, 11) is 4.17. The molecule has 0 saturated heterocycles. The molecule has 0 spiro atoms.